The first-order valence-corrected chi connectivity index (χ1v) is 7.32. The van der Waals surface area contributed by atoms with Crippen molar-refractivity contribution in [2.45, 2.75) is 32.9 Å². The maximum absolute atomic E-state index is 11.9. The summed E-state index contributed by atoms with van der Waals surface area (Å²) >= 11 is 11.7. The Kier molecular flexibility index (Phi) is 7.13. The fourth-order valence-corrected chi connectivity index (χ4v) is 1.91. The number of benzene rings is 1. The molecule has 20 heavy (non-hydrogen) atoms. The SMILES string of the molecule is CCN[C@H](C)CNC(=O)C(C)Oc1ccc(Cl)c(Cl)c1. The summed E-state index contributed by atoms with van der Waals surface area (Å²) in [6.07, 6.45) is -0.596. The van der Waals surface area contributed by atoms with Gasteiger partial charge >= 0.3 is 0 Å². The fourth-order valence-electron chi connectivity index (χ4n) is 1.63. The van der Waals surface area contributed by atoms with Crippen molar-refractivity contribution in [1.82, 2.24) is 10.6 Å². The number of ether oxygens (including phenoxy) is 1. The Bertz CT molecular complexity index is 455. The van der Waals surface area contributed by atoms with E-state index in [9.17, 15) is 4.79 Å². The first kappa shape index (κ1) is 17.1. The number of likely N-dealkylation sites (N-methyl/N-ethyl adjacent to an activating group) is 1. The second kappa shape index (κ2) is 8.35. The highest BCUT2D eigenvalue weighted by Crippen LogP contribution is 2.26. The normalized spacial score (nSPS) is 13.7. The van der Waals surface area contributed by atoms with Gasteiger partial charge in [-0.25, -0.2) is 0 Å². The Morgan fingerprint density at radius 2 is 2.00 bits per heavy atom. The topological polar surface area (TPSA) is 50.4 Å². The van der Waals surface area contributed by atoms with Gasteiger partial charge in [0.2, 0.25) is 0 Å². The van der Waals surface area contributed by atoms with Gasteiger partial charge in [0.15, 0.2) is 6.10 Å². The molecular formula is C14H20Cl2N2O2. The second-order valence-electron chi connectivity index (χ2n) is 4.54. The highest BCUT2D eigenvalue weighted by molar-refractivity contribution is 6.42. The summed E-state index contributed by atoms with van der Waals surface area (Å²) in [6, 6.07) is 5.13. The van der Waals surface area contributed by atoms with Crippen LogP contribution in [0.5, 0.6) is 5.75 Å². The predicted octanol–water partition coefficient (Wildman–Crippen LogP) is 2.87. The third-order valence-corrected chi connectivity index (χ3v) is 3.45. The summed E-state index contributed by atoms with van der Waals surface area (Å²) in [7, 11) is 0. The second-order valence-corrected chi connectivity index (χ2v) is 5.35. The van der Waals surface area contributed by atoms with Crippen LogP contribution in [0.15, 0.2) is 18.2 Å². The first-order chi connectivity index (χ1) is 9.43. The molecule has 0 aliphatic rings. The molecular weight excluding hydrogens is 299 g/mol. The zero-order valence-corrected chi connectivity index (χ0v) is 13.4. The standard InChI is InChI=1S/C14H20Cl2N2O2/c1-4-17-9(2)8-18-14(19)10(3)20-11-5-6-12(15)13(16)7-11/h5-7,9-10,17H,4,8H2,1-3H3,(H,18,19)/t9-,10?/m1/s1. The summed E-state index contributed by atoms with van der Waals surface area (Å²) in [5.74, 6) is 0.350. The van der Waals surface area contributed by atoms with E-state index in [1.165, 1.54) is 0 Å². The Morgan fingerprint density at radius 1 is 1.30 bits per heavy atom. The number of carbonyl (C=O) groups is 1. The van der Waals surface area contributed by atoms with Crippen LogP contribution in [0.4, 0.5) is 0 Å². The average molecular weight is 319 g/mol. The van der Waals surface area contributed by atoms with Gasteiger partial charge in [-0.3, -0.25) is 4.79 Å². The molecule has 0 saturated carbocycles. The van der Waals surface area contributed by atoms with Crippen LogP contribution in [0, 0.1) is 0 Å². The number of amides is 1. The van der Waals surface area contributed by atoms with Gasteiger partial charge < -0.3 is 15.4 Å². The van der Waals surface area contributed by atoms with Gasteiger partial charge in [-0.15, -0.1) is 0 Å². The minimum atomic E-state index is -0.596. The van der Waals surface area contributed by atoms with E-state index in [1.54, 1.807) is 25.1 Å². The van der Waals surface area contributed by atoms with Gasteiger partial charge in [0.1, 0.15) is 5.75 Å². The van der Waals surface area contributed by atoms with E-state index in [-0.39, 0.29) is 11.9 Å². The van der Waals surface area contributed by atoms with Crippen molar-refractivity contribution in [3.8, 4) is 5.75 Å². The number of hydrogen-bond donors (Lipinski definition) is 2. The smallest absolute Gasteiger partial charge is 0.260 e. The lowest BCUT2D eigenvalue weighted by Crippen LogP contribution is -2.43. The molecule has 1 rings (SSSR count). The van der Waals surface area contributed by atoms with E-state index in [4.69, 9.17) is 27.9 Å². The minimum Gasteiger partial charge on any atom is -0.481 e. The highest BCUT2D eigenvalue weighted by atomic mass is 35.5. The molecule has 0 aliphatic heterocycles. The van der Waals surface area contributed by atoms with Crippen LogP contribution in [-0.2, 0) is 4.79 Å². The van der Waals surface area contributed by atoms with Crippen LogP contribution in [0.3, 0.4) is 0 Å². The molecule has 2 atom stereocenters. The van der Waals surface area contributed by atoms with Gasteiger partial charge in [-0.2, -0.15) is 0 Å². The fraction of sp³-hybridized carbons (Fsp3) is 0.500. The lowest BCUT2D eigenvalue weighted by atomic mass is 10.3. The molecule has 0 radical (unpaired) electrons. The molecule has 2 N–H and O–H groups in total. The third kappa shape index (κ3) is 5.57. The van der Waals surface area contributed by atoms with Gasteiger partial charge in [0.25, 0.3) is 5.91 Å². The Balaban J connectivity index is 2.46. The van der Waals surface area contributed by atoms with Crippen molar-refractivity contribution >= 4 is 29.1 Å². The first-order valence-electron chi connectivity index (χ1n) is 6.56. The molecule has 0 aliphatic carbocycles. The molecule has 0 bridgehead atoms. The molecule has 0 saturated heterocycles. The zero-order valence-electron chi connectivity index (χ0n) is 11.9. The lowest BCUT2D eigenvalue weighted by molar-refractivity contribution is -0.127. The number of nitrogens with one attached hydrogen (secondary N) is 2. The number of halogens is 2. The number of hydrogen-bond acceptors (Lipinski definition) is 3. The van der Waals surface area contributed by atoms with E-state index in [2.05, 4.69) is 10.6 Å². The van der Waals surface area contributed by atoms with Gasteiger partial charge in [0, 0.05) is 18.7 Å². The van der Waals surface area contributed by atoms with E-state index in [0.717, 1.165) is 6.54 Å². The molecule has 1 aromatic carbocycles. The van der Waals surface area contributed by atoms with E-state index in [1.807, 2.05) is 13.8 Å². The summed E-state index contributed by atoms with van der Waals surface area (Å²) in [5, 5.41) is 6.90. The summed E-state index contributed by atoms with van der Waals surface area (Å²) in [5.41, 5.74) is 0. The molecule has 0 aromatic heterocycles. The maximum Gasteiger partial charge on any atom is 0.260 e. The summed E-state index contributed by atoms with van der Waals surface area (Å²) in [4.78, 5) is 11.9. The average Bonchev–Trinajstić information content (AvgIpc) is 2.40. The quantitative estimate of drug-likeness (QED) is 0.812. The molecule has 112 valence electrons. The summed E-state index contributed by atoms with van der Waals surface area (Å²) < 4.78 is 5.53. The molecule has 1 amide bonds. The van der Waals surface area contributed by atoms with Crippen LogP contribution in [0.1, 0.15) is 20.8 Å². The van der Waals surface area contributed by atoms with Crippen LogP contribution < -0.4 is 15.4 Å². The Labute approximate surface area is 129 Å². The van der Waals surface area contributed by atoms with Crippen molar-refractivity contribution in [3.05, 3.63) is 28.2 Å². The van der Waals surface area contributed by atoms with E-state index in [0.29, 0.717) is 22.3 Å². The van der Waals surface area contributed by atoms with Crippen molar-refractivity contribution in [3.63, 3.8) is 0 Å². The predicted molar refractivity (Wildman–Crippen MR) is 82.7 cm³/mol. The molecule has 0 heterocycles. The van der Waals surface area contributed by atoms with E-state index < -0.39 is 6.10 Å². The van der Waals surface area contributed by atoms with Crippen molar-refractivity contribution in [2.75, 3.05) is 13.1 Å². The molecule has 4 nitrogen and oxygen atoms in total. The van der Waals surface area contributed by atoms with Gasteiger partial charge in [-0.1, -0.05) is 30.1 Å². The summed E-state index contributed by atoms with van der Waals surface area (Å²) in [6.45, 7) is 7.15. The maximum atomic E-state index is 11.9. The van der Waals surface area contributed by atoms with Crippen LogP contribution in [0.25, 0.3) is 0 Å². The van der Waals surface area contributed by atoms with Crippen molar-refractivity contribution < 1.29 is 9.53 Å². The largest absolute Gasteiger partial charge is 0.481 e. The van der Waals surface area contributed by atoms with Crippen molar-refractivity contribution in [2.24, 2.45) is 0 Å². The lowest BCUT2D eigenvalue weighted by Gasteiger charge is -2.17. The van der Waals surface area contributed by atoms with Crippen LogP contribution in [0.2, 0.25) is 10.0 Å². The van der Waals surface area contributed by atoms with Crippen LogP contribution in [-0.4, -0.2) is 31.1 Å². The van der Waals surface area contributed by atoms with Crippen molar-refractivity contribution in [1.29, 1.82) is 0 Å². The highest BCUT2D eigenvalue weighted by Gasteiger charge is 2.15. The molecule has 0 spiro atoms. The van der Waals surface area contributed by atoms with Gasteiger partial charge in [-0.05, 0) is 32.5 Å². The van der Waals surface area contributed by atoms with Gasteiger partial charge in [0.05, 0.1) is 10.0 Å². The molecule has 1 unspecified atom stereocenters. The monoisotopic (exact) mass is 318 g/mol. The number of rotatable bonds is 7. The molecule has 6 heteroatoms. The Hall–Kier alpha value is -0.970. The number of carbonyl (C=O) groups excluding carboxylic acids is 1. The third-order valence-electron chi connectivity index (χ3n) is 2.71. The van der Waals surface area contributed by atoms with E-state index >= 15 is 0 Å². The zero-order chi connectivity index (χ0) is 15.1. The molecule has 1 aromatic rings. The molecule has 0 fully saturated rings. The Morgan fingerprint density at radius 3 is 2.60 bits per heavy atom. The van der Waals surface area contributed by atoms with Crippen LogP contribution >= 0.6 is 23.2 Å². The minimum absolute atomic E-state index is 0.166.